The van der Waals surface area contributed by atoms with E-state index >= 15 is 0 Å². The Morgan fingerprint density at radius 3 is 2.12 bits per heavy atom. The number of rotatable bonds is 6. The molecule has 0 saturated carbocycles. The van der Waals surface area contributed by atoms with Gasteiger partial charge in [-0.05, 0) is 42.0 Å². The van der Waals surface area contributed by atoms with Crippen LogP contribution in [0.1, 0.15) is 26.3 Å². The van der Waals surface area contributed by atoms with Gasteiger partial charge in [0.25, 0.3) is 11.8 Å². The summed E-state index contributed by atoms with van der Waals surface area (Å²) in [6.07, 6.45) is 0. The fourth-order valence-corrected chi connectivity index (χ4v) is 3.16. The number of fused-ring (bicyclic) bond motifs is 1. The van der Waals surface area contributed by atoms with E-state index < -0.39 is 11.8 Å². The molecule has 0 fully saturated rings. The van der Waals surface area contributed by atoms with E-state index in [1.165, 1.54) is 14.2 Å². The maximum atomic E-state index is 12.4. The average molecular weight is 431 g/mol. The number of carbonyl (C=O) groups excluding carboxylic acids is 2. The Balaban J connectivity index is 1.38. The van der Waals surface area contributed by atoms with E-state index in [9.17, 15) is 9.59 Å². The minimum absolute atomic E-state index is 0.289. The topological polar surface area (TPSA) is 107 Å². The van der Waals surface area contributed by atoms with Crippen molar-refractivity contribution in [3.8, 4) is 11.5 Å². The van der Waals surface area contributed by atoms with Gasteiger partial charge in [0.1, 0.15) is 17.0 Å². The van der Waals surface area contributed by atoms with Crippen molar-refractivity contribution in [3.05, 3.63) is 83.4 Å². The quantitative estimate of drug-likeness (QED) is 0.455. The molecular weight excluding hydrogens is 410 g/mol. The van der Waals surface area contributed by atoms with Gasteiger partial charge in [0.2, 0.25) is 0 Å². The van der Waals surface area contributed by atoms with E-state index in [0.29, 0.717) is 23.6 Å². The number of amides is 2. The molecule has 9 nitrogen and oxygen atoms in total. The van der Waals surface area contributed by atoms with E-state index in [4.69, 9.17) is 9.47 Å². The van der Waals surface area contributed by atoms with E-state index in [0.717, 1.165) is 16.6 Å². The smallest absolute Gasteiger partial charge is 0.269 e. The predicted molar refractivity (Wildman–Crippen MR) is 118 cm³/mol. The van der Waals surface area contributed by atoms with Crippen LogP contribution in [0.25, 0.3) is 11.0 Å². The van der Waals surface area contributed by atoms with Gasteiger partial charge in [0.05, 0.1) is 26.3 Å². The third kappa shape index (κ3) is 4.51. The molecule has 0 aliphatic rings. The van der Waals surface area contributed by atoms with Crippen molar-refractivity contribution in [2.45, 2.75) is 6.54 Å². The molecule has 1 aromatic heterocycles. The van der Waals surface area contributed by atoms with Crippen molar-refractivity contribution in [2.75, 3.05) is 14.2 Å². The molecule has 0 aliphatic carbocycles. The van der Waals surface area contributed by atoms with E-state index in [1.807, 2.05) is 36.4 Å². The number of nitrogens with zero attached hydrogens (tertiary/aromatic N) is 3. The van der Waals surface area contributed by atoms with Gasteiger partial charge in [-0.3, -0.25) is 20.4 Å². The molecule has 162 valence electrons. The van der Waals surface area contributed by atoms with Crippen LogP contribution in [-0.2, 0) is 6.54 Å². The molecule has 0 radical (unpaired) electrons. The highest BCUT2D eigenvalue weighted by atomic mass is 16.5. The highest BCUT2D eigenvalue weighted by Gasteiger charge is 2.12. The van der Waals surface area contributed by atoms with Crippen molar-refractivity contribution >= 4 is 22.8 Å². The second-order valence-corrected chi connectivity index (χ2v) is 6.94. The number of nitrogens with one attached hydrogen (secondary N) is 2. The van der Waals surface area contributed by atoms with Crippen LogP contribution >= 0.6 is 0 Å². The number of ether oxygens (including phenoxy) is 2. The van der Waals surface area contributed by atoms with Crippen molar-refractivity contribution in [1.82, 2.24) is 25.8 Å². The first-order valence-corrected chi connectivity index (χ1v) is 9.78. The van der Waals surface area contributed by atoms with Crippen molar-refractivity contribution in [1.29, 1.82) is 0 Å². The van der Waals surface area contributed by atoms with Crippen LogP contribution in [0.15, 0.2) is 66.7 Å². The minimum atomic E-state index is -0.495. The minimum Gasteiger partial charge on any atom is -0.497 e. The first kappa shape index (κ1) is 20.9. The van der Waals surface area contributed by atoms with Crippen LogP contribution in [0.5, 0.6) is 11.5 Å². The molecule has 9 heteroatoms. The third-order valence-electron chi connectivity index (χ3n) is 4.87. The Labute approximate surface area is 183 Å². The summed E-state index contributed by atoms with van der Waals surface area (Å²) in [6.45, 7) is 0.525. The van der Waals surface area contributed by atoms with Crippen molar-refractivity contribution in [2.24, 2.45) is 0 Å². The Morgan fingerprint density at radius 1 is 0.844 bits per heavy atom. The van der Waals surface area contributed by atoms with Gasteiger partial charge in [0.15, 0.2) is 0 Å². The molecular formula is C23H21N5O4. The third-order valence-corrected chi connectivity index (χ3v) is 4.87. The highest BCUT2D eigenvalue weighted by molar-refractivity contribution is 5.99. The lowest BCUT2D eigenvalue weighted by atomic mass is 10.1. The lowest BCUT2D eigenvalue weighted by molar-refractivity contribution is 0.0846. The predicted octanol–water partition coefficient (Wildman–Crippen LogP) is 2.57. The molecule has 4 rings (SSSR count). The van der Waals surface area contributed by atoms with Crippen molar-refractivity contribution < 1.29 is 19.1 Å². The van der Waals surface area contributed by atoms with Gasteiger partial charge in [-0.1, -0.05) is 29.5 Å². The molecule has 2 amide bonds. The number of hydrogen-bond acceptors (Lipinski definition) is 6. The summed E-state index contributed by atoms with van der Waals surface area (Å²) < 4.78 is 12.1. The van der Waals surface area contributed by atoms with Gasteiger partial charge >= 0.3 is 0 Å². The fraction of sp³-hybridized carbons (Fsp3) is 0.130. The molecule has 0 unspecified atom stereocenters. The molecule has 3 aromatic carbocycles. The average Bonchev–Trinajstić information content (AvgIpc) is 3.25. The van der Waals surface area contributed by atoms with E-state index in [2.05, 4.69) is 21.2 Å². The Hall–Kier alpha value is -4.40. The van der Waals surface area contributed by atoms with Crippen LogP contribution < -0.4 is 20.3 Å². The molecule has 32 heavy (non-hydrogen) atoms. The largest absolute Gasteiger partial charge is 0.497 e. The van der Waals surface area contributed by atoms with Crippen LogP contribution in [0.2, 0.25) is 0 Å². The fourth-order valence-electron chi connectivity index (χ4n) is 3.16. The van der Waals surface area contributed by atoms with E-state index in [1.54, 1.807) is 35.0 Å². The lowest BCUT2D eigenvalue weighted by Gasteiger charge is -2.10. The Morgan fingerprint density at radius 2 is 1.47 bits per heavy atom. The van der Waals surface area contributed by atoms with Gasteiger partial charge in [0, 0.05) is 17.2 Å². The van der Waals surface area contributed by atoms with Crippen LogP contribution in [0.3, 0.4) is 0 Å². The monoisotopic (exact) mass is 431 g/mol. The molecule has 0 saturated heterocycles. The molecule has 4 aromatic rings. The van der Waals surface area contributed by atoms with Crippen LogP contribution in [0, 0.1) is 0 Å². The molecule has 2 N–H and O–H groups in total. The molecule has 0 aliphatic heterocycles. The number of hydrogen-bond donors (Lipinski definition) is 2. The second-order valence-electron chi connectivity index (χ2n) is 6.94. The van der Waals surface area contributed by atoms with Crippen molar-refractivity contribution in [3.63, 3.8) is 0 Å². The molecule has 0 atom stereocenters. The number of aromatic nitrogens is 3. The number of benzene rings is 3. The summed E-state index contributed by atoms with van der Waals surface area (Å²) in [5.41, 5.74) is 8.23. The molecule has 0 spiro atoms. The zero-order chi connectivity index (χ0) is 22.5. The van der Waals surface area contributed by atoms with E-state index in [-0.39, 0.29) is 5.56 Å². The SMILES string of the molecule is COc1cc(OC)cc(C(=O)NNC(=O)c2ccc(Cn3nnc4ccccc43)cc2)c1. The maximum absolute atomic E-state index is 12.4. The summed E-state index contributed by atoms with van der Waals surface area (Å²) in [6, 6.07) is 19.5. The molecule has 0 bridgehead atoms. The van der Waals surface area contributed by atoms with Gasteiger partial charge in [-0.15, -0.1) is 5.10 Å². The lowest BCUT2D eigenvalue weighted by Crippen LogP contribution is -2.41. The van der Waals surface area contributed by atoms with Gasteiger partial charge in [-0.2, -0.15) is 0 Å². The summed E-state index contributed by atoms with van der Waals surface area (Å²) >= 11 is 0. The first-order valence-electron chi connectivity index (χ1n) is 9.78. The zero-order valence-electron chi connectivity index (χ0n) is 17.5. The van der Waals surface area contributed by atoms with Gasteiger partial charge < -0.3 is 9.47 Å². The van der Waals surface area contributed by atoms with Crippen LogP contribution in [-0.4, -0.2) is 41.0 Å². The second kappa shape index (κ2) is 9.17. The number of methoxy groups -OCH3 is 2. The summed E-state index contributed by atoms with van der Waals surface area (Å²) in [5, 5.41) is 8.31. The normalized spacial score (nSPS) is 10.6. The summed E-state index contributed by atoms with van der Waals surface area (Å²) in [7, 11) is 2.99. The highest BCUT2D eigenvalue weighted by Crippen LogP contribution is 2.22. The Bertz CT molecular complexity index is 1240. The van der Waals surface area contributed by atoms with Crippen LogP contribution in [0.4, 0.5) is 0 Å². The van der Waals surface area contributed by atoms with Gasteiger partial charge in [-0.25, -0.2) is 4.68 Å². The first-order chi connectivity index (χ1) is 15.6. The maximum Gasteiger partial charge on any atom is 0.269 e. The number of para-hydroxylation sites is 1. The zero-order valence-corrected chi connectivity index (χ0v) is 17.5. The number of carbonyl (C=O) groups is 2. The number of hydrazine groups is 1. The molecule has 1 heterocycles. The summed E-state index contributed by atoms with van der Waals surface area (Å²) in [5.74, 6) is 0.00403. The summed E-state index contributed by atoms with van der Waals surface area (Å²) in [4.78, 5) is 24.8. The Kier molecular flexibility index (Phi) is 5.98. The standard InChI is InChI=1S/C23H21N5O4/c1-31-18-11-17(12-19(13-18)32-2)23(30)26-25-22(29)16-9-7-15(8-10-16)14-28-21-6-4-3-5-20(21)24-27-28/h3-13H,14H2,1-2H3,(H,25,29)(H,26,30).